The van der Waals surface area contributed by atoms with Crippen molar-refractivity contribution in [3.05, 3.63) is 58.1 Å². The monoisotopic (exact) mass is 395 g/mol. The molecule has 0 bridgehead atoms. The van der Waals surface area contributed by atoms with E-state index >= 15 is 0 Å². The summed E-state index contributed by atoms with van der Waals surface area (Å²) < 4.78 is 14.9. The van der Waals surface area contributed by atoms with E-state index < -0.39 is 17.7 Å². The molecule has 1 atom stereocenters. The molecule has 3 rings (SSSR count). The predicted octanol–water partition coefficient (Wildman–Crippen LogP) is 4.07. The molecule has 26 heavy (non-hydrogen) atoms. The van der Waals surface area contributed by atoms with Crippen molar-refractivity contribution in [2.45, 2.75) is 19.1 Å². The van der Waals surface area contributed by atoms with Gasteiger partial charge in [-0.3, -0.25) is 9.53 Å². The molecule has 0 aromatic heterocycles. The maximum absolute atomic E-state index is 12.3. The number of esters is 2. The highest BCUT2D eigenvalue weighted by Gasteiger charge is 2.45. The Hall–Kier alpha value is -2.28. The molecule has 6 nitrogen and oxygen atoms in total. The number of para-hydroxylation sites is 2. The standard InChI is InChI=1S/C18H15Cl2NO5/c1-18(17(23)24-10-25-18)26-15(22)9-11-5-2-3-8-14(11)21-16-12(19)6-4-7-13(16)20/h2-8,21H,9-10H2,1H3. The molecule has 1 saturated heterocycles. The number of carbonyl (C=O) groups is 2. The smallest absolute Gasteiger partial charge is 0.381 e. The SMILES string of the molecule is CC1(OC(=O)Cc2ccccc2Nc2c(Cl)cccc2Cl)OCOC1=O. The Morgan fingerprint density at radius 2 is 1.88 bits per heavy atom. The second-order valence-electron chi connectivity index (χ2n) is 5.67. The van der Waals surface area contributed by atoms with Crippen LogP contribution in [0.3, 0.4) is 0 Å². The Kier molecular flexibility index (Phi) is 5.36. The predicted molar refractivity (Wildman–Crippen MR) is 96.4 cm³/mol. The fourth-order valence-corrected chi connectivity index (χ4v) is 2.91. The fraction of sp³-hybridized carbons (Fsp3) is 0.222. The van der Waals surface area contributed by atoms with Crippen molar-refractivity contribution in [1.82, 2.24) is 0 Å². The van der Waals surface area contributed by atoms with Crippen LogP contribution in [0.1, 0.15) is 12.5 Å². The highest BCUT2D eigenvalue weighted by Crippen LogP contribution is 2.34. The van der Waals surface area contributed by atoms with Gasteiger partial charge in [-0.2, -0.15) is 0 Å². The van der Waals surface area contributed by atoms with Gasteiger partial charge in [0.1, 0.15) is 0 Å². The lowest BCUT2D eigenvalue weighted by molar-refractivity contribution is -0.204. The van der Waals surface area contributed by atoms with E-state index in [1.54, 1.807) is 42.5 Å². The topological polar surface area (TPSA) is 73.9 Å². The van der Waals surface area contributed by atoms with E-state index in [0.29, 0.717) is 27.0 Å². The van der Waals surface area contributed by atoms with Gasteiger partial charge in [0.25, 0.3) is 0 Å². The highest BCUT2D eigenvalue weighted by molar-refractivity contribution is 6.39. The van der Waals surface area contributed by atoms with E-state index in [1.165, 1.54) is 6.92 Å². The van der Waals surface area contributed by atoms with Gasteiger partial charge in [0, 0.05) is 12.6 Å². The Bertz CT molecular complexity index is 837. The van der Waals surface area contributed by atoms with Crippen molar-refractivity contribution in [3.8, 4) is 0 Å². The van der Waals surface area contributed by atoms with Crippen molar-refractivity contribution < 1.29 is 23.8 Å². The normalized spacial score (nSPS) is 19.1. The Labute approximate surface area is 159 Å². The summed E-state index contributed by atoms with van der Waals surface area (Å²) in [7, 11) is 0. The number of rotatable bonds is 5. The van der Waals surface area contributed by atoms with Gasteiger partial charge in [-0.25, -0.2) is 4.79 Å². The van der Waals surface area contributed by atoms with Crippen LogP contribution in [0.5, 0.6) is 0 Å². The van der Waals surface area contributed by atoms with Crippen LogP contribution in [0.4, 0.5) is 11.4 Å². The average Bonchev–Trinajstić information content (AvgIpc) is 2.91. The molecule has 1 unspecified atom stereocenters. The van der Waals surface area contributed by atoms with E-state index in [1.807, 2.05) is 0 Å². The molecule has 136 valence electrons. The molecule has 0 amide bonds. The molecule has 2 aromatic carbocycles. The third-order valence-electron chi connectivity index (χ3n) is 3.78. The van der Waals surface area contributed by atoms with Crippen LogP contribution < -0.4 is 5.32 Å². The van der Waals surface area contributed by atoms with Crippen LogP contribution in [0.2, 0.25) is 10.0 Å². The molecular formula is C18H15Cl2NO5. The van der Waals surface area contributed by atoms with Crippen LogP contribution in [-0.4, -0.2) is 24.5 Å². The molecule has 1 heterocycles. The third-order valence-corrected chi connectivity index (χ3v) is 4.41. The summed E-state index contributed by atoms with van der Waals surface area (Å²) in [5, 5.41) is 4.03. The summed E-state index contributed by atoms with van der Waals surface area (Å²) in [5.74, 6) is -3.09. The van der Waals surface area contributed by atoms with Gasteiger partial charge in [-0.15, -0.1) is 0 Å². The molecule has 0 saturated carbocycles. The number of nitrogens with one attached hydrogen (secondary N) is 1. The maximum Gasteiger partial charge on any atom is 0.381 e. The molecule has 8 heteroatoms. The highest BCUT2D eigenvalue weighted by atomic mass is 35.5. The van der Waals surface area contributed by atoms with Gasteiger partial charge in [0.05, 0.1) is 22.2 Å². The first kappa shape index (κ1) is 18.5. The van der Waals surface area contributed by atoms with Gasteiger partial charge in [0.15, 0.2) is 6.79 Å². The Balaban J connectivity index is 1.77. The summed E-state index contributed by atoms with van der Waals surface area (Å²) in [6.07, 6.45) is -0.0858. The van der Waals surface area contributed by atoms with E-state index in [9.17, 15) is 9.59 Å². The van der Waals surface area contributed by atoms with E-state index in [2.05, 4.69) is 10.1 Å². The third kappa shape index (κ3) is 3.93. The van der Waals surface area contributed by atoms with Crippen molar-refractivity contribution >= 4 is 46.5 Å². The molecular weight excluding hydrogens is 381 g/mol. The molecule has 1 N–H and O–H groups in total. The van der Waals surface area contributed by atoms with Crippen molar-refractivity contribution in [3.63, 3.8) is 0 Å². The average molecular weight is 396 g/mol. The molecule has 1 aliphatic heterocycles. The minimum atomic E-state index is -1.72. The lowest BCUT2D eigenvalue weighted by atomic mass is 10.1. The summed E-state index contributed by atoms with van der Waals surface area (Å²) in [6.45, 7) is 1.10. The summed E-state index contributed by atoms with van der Waals surface area (Å²) >= 11 is 12.4. The van der Waals surface area contributed by atoms with Crippen molar-refractivity contribution in [2.24, 2.45) is 0 Å². The van der Waals surface area contributed by atoms with Crippen molar-refractivity contribution in [2.75, 3.05) is 12.1 Å². The number of hydrogen-bond donors (Lipinski definition) is 1. The fourth-order valence-electron chi connectivity index (χ4n) is 2.41. The minimum absolute atomic E-state index is 0.0858. The summed E-state index contributed by atoms with van der Waals surface area (Å²) in [6, 6.07) is 12.3. The first-order valence-electron chi connectivity index (χ1n) is 7.71. The zero-order valence-electron chi connectivity index (χ0n) is 13.8. The van der Waals surface area contributed by atoms with Gasteiger partial charge < -0.3 is 14.8 Å². The summed E-state index contributed by atoms with van der Waals surface area (Å²) in [5.41, 5.74) is 1.81. The van der Waals surface area contributed by atoms with Gasteiger partial charge >= 0.3 is 17.7 Å². The molecule has 0 aliphatic carbocycles. The first-order chi connectivity index (χ1) is 12.4. The van der Waals surface area contributed by atoms with Crippen LogP contribution in [0.15, 0.2) is 42.5 Å². The number of carbonyl (C=O) groups excluding carboxylic acids is 2. The first-order valence-corrected chi connectivity index (χ1v) is 8.46. The Morgan fingerprint density at radius 1 is 1.19 bits per heavy atom. The van der Waals surface area contributed by atoms with E-state index in [-0.39, 0.29) is 13.2 Å². The second kappa shape index (κ2) is 7.53. The molecule has 0 radical (unpaired) electrons. The van der Waals surface area contributed by atoms with E-state index in [0.717, 1.165) is 0 Å². The largest absolute Gasteiger partial charge is 0.433 e. The van der Waals surface area contributed by atoms with E-state index in [4.69, 9.17) is 32.7 Å². The number of halogens is 2. The maximum atomic E-state index is 12.3. The van der Waals surface area contributed by atoms with Gasteiger partial charge in [-0.1, -0.05) is 47.5 Å². The number of benzene rings is 2. The molecule has 1 aliphatic rings. The van der Waals surface area contributed by atoms with Crippen molar-refractivity contribution in [1.29, 1.82) is 0 Å². The second-order valence-corrected chi connectivity index (χ2v) is 6.48. The number of ether oxygens (including phenoxy) is 3. The van der Waals surface area contributed by atoms with Gasteiger partial charge in [-0.05, 0) is 23.8 Å². The lowest BCUT2D eigenvalue weighted by Gasteiger charge is -2.19. The summed E-state index contributed by atoms with van der Waals surface area (Å²) in [4.78, 5) is 23.9. The number of anilines is 2. The quantitative estimate of drug-likeness (QED) is 0.769. The molecule has 0 spiro atoms. The molecule has 1 fully saturated rings. The van der Waals surface area contributed by atoms with Crippen LogP contribution in [0, 0.1) is 0 Å². The van der Waals surface area contributed by atoms with Crippen LogP contribution in [0.25, 0.3) is 0 Å². The minimum Gasteiger partial charge on any atom is -0.433 e. The number of cyclic esters (lactones) is 1. The lowest BCUT2D eigenvalue weighted by Crippen LogP contribution is -2.38. The number of hydrogen-bond acceptors (Lipinski definition) is 6. The van der Waals surface area contributed by atoms with Crippen LogP contribution in [-0.2, 0) is 30.2 Å². The molecule has 2 aromatic rings. The Morgan fingerprint density at radius 3 is 2.54 bits per heavy atom. The van der Waals surface area contributed by atoms with Gasteiger partial charge in [0.2, 0.25) is 0 Å². The van der Waals surface area contributed by atoms with Crippen LogP contribution >= 0.6 is 23.2 Å². The zero-order valence-corrected chi connectivity index (χ0v) is 15.3. The zero-order chi connectivity index (χ0) is 18.7.